The predicted molar refractivity (Wildman–Crippen MR) is 72.5 cm³/mol. The fourth-order valence-electron chi connectivity index (χ4n) is 2.24. The van der Waals surface area contributed by atoms with Crippen molar-refractivity contribution in [3.8, 4) is 0 Å². The molecule has 0 saturated carbocycles. The number of aryl methyl sites for hydroxylation is 3. The molecule has 0 fully saturated rings. The van der Waals surface area contributed by atoms with E-state index in [0.29, 0.717) is 18.6 Å². The van der Waals surface area contributed by atoms with E-state index in [1.807, 2.05) is 7.05 Å². The molecule has 0 aliphatic heterocycles. The van der Waals surface area contributed by atoms with Crippen LogP contribution in [0.4, 0.5) is 0 Å². The van der Waals surface area contributed by atoms with Gasteiger partial charge in [-0.25, -0.2) is 0 Å². The lowest BCUT2D eigenvalue weighted by molar-refractivity contribution is -0.118. The maximum Gasteiger partial charge on any atom is 0.137 e. The first-order chi connectivity index (χ1) is 8.04. The lowest BCUT2D eigenvalue weighted by Crippen LogP contribution is -2.12. The quantitative estimate of drug-likeness (QED) is 0.765. The molecule has 1 aromatic rings. The number of Topliss-reactive ketones (excluding diaryl/α,β-unsaturated/α-hetero) is 1. The Hall–Kier alpha value is -1.15. The Bertz CT molecular complexity index is 373. The van der Waals surface area contributed by atoms with Crippen LogP contribution >= 0.6 is 0 Å². The number of rotatable bonds is 6. The topological polar surface area (TPSA) is 29.1 Å². The molecular formula is C15H23NO. The smallest absolute Gasteiger partial charge is 0.137 e. The summed E-state index contributed by atoms with van der Waals surface area (Å²) in [4.78, 5) is 11.8. The van der Waals surface area contributed by atoms with Gasteiger partial charge in [0.05, 0.1) is 0 Å². The van der Waals surface area contributed by atoms with Crippen LogP contribution in [0.5, 0.6) is 0 Å². The van der Waals surface area contributed by atoms with Crippen LogP contribution in [-0.2, 0) is 11.2 Å². The van der Waals surface area contributed by atoms with Crippen molar-refractivity contribution in [2.24, 2.45) is 0 Å². The molecule has 1 N–H and O–H groups in total. The number of benzene rings is 1. The molecule has 0 spiro atoms. The van der Waals surface area contributed by atoms with Crippen LogP contribution in [0.25, 0.3) is 0 Å². The maximum absolute atomic E-state index is 11.8. The second-order valence-corrected chi connectivity index (χ2v) is 4.80. The van der Waals surface area contributed by atoms with Crippen molar-refractivity contribution in [2.75, 3.05) is 13.6 Å². The third-order valence-electron chi connectivity index (χ3n) is 3.10. The molecule has 0 bridgehead atoms. The minimum absolute atomic E-state index is 0.343. The average molecular weight is 233 g/mol. The number of hydrogen-bond donors (Lipinski definition) is 1. The highest BCUT2D eigenvalue weighted by Gasteiger charge is 2.09. The normalized spacial score (nSPS) is 10.6. The summed E-state index contributed by atoms with van der Waals surface area (Å²) >= 11 is 0. The number of carbonyl (C=O) groups excluding carboxylic acids is 1. The number of ketones is 1. The fraction of sp³-hybridized carbons (Fsp3) is 0.533. The number of nitrogens with one attached hydrogen (secondary N) is 1. The van der Waals surface area contributed by atoms with E-state index in [-0.39, 0.29) is 0 Å². The van der Waals surface area contributed by atoms with Crippen LogP contribution in [0, 0.1) is 20.8 Å². The molecule has 0 unspecified atom stereocenters. The van der Waals surface area contributed by atoms with Gasteiger partial charge in [0.15, 0.2) is 0 Å². The van der Waals surface area contributed by atoms with Crippen LogP contribution in [0.3, 0.4) is 0 Å². The van der Waals surface area contributed by atoms with Crippen LogP contribution < -0.4 is 5.32 Å². The van der Waals surface area contributed by atoms with Gasteiger partial charge < -0.3 is 5.32 Å². The molecule has 1 rings (SSSR count). The Morgan fingerprint density at radius 3 is 2.29 bits per heavy atom. The van der Waals surface area contributed by atoms with E-state index < -0.39 is 0 Å². The summed E-state index contributed by atoms with van der Waals surface area (Å²) in [6, 6.07) is 4.31. The molecular weight excluding hydrogens is 210 g/mol. The zero-order chi connectivity index (χ0) is 12.8. The summed E-state index contributed by atoms with van der Waals surface area (Å²) in [6.45, 7) is 7.20. The summed E-state index contributed by atoms with van der Waals surface area (Å²) in [5, 5.41) is 3.06. The van der Waals surface area contributed by atoms with Gasteiger partial charge in [-0.3, -0.25) is 4.79 Å². The molecule has 0 atom stereocenters. The van der Waals surface area contributed by atoms with Crippen molar-refractivity contribution < 1.29 is 4.79 Å². The van der Waals surface area contributed by atoms with Gasteiger partial charge in [-0.05, 0) is 57.5 Å². The van der Waals surface area contributed by atoms with Gasteiger partial charge >= 0.3 is 0 Å². The van der Waals surface area contributed by atoms with Gasteiger partial charge in [-0.2, -0.15) is 0 Å². The summed E-state index contributed by atoms with van der Waals surface area (Å²) in [6.07, 6.45) is 2.19. The van der Waals surface area contributed by atoms with Crippen molar-refractivity contribution in [3.63, 3.8) is 0 Å². The minimum atomic E-state index is 0.343. The van der Waals surface area contributed by atoms with E-state index in [2.05, 4.69) is 38.2 Å². The second-order valence-electron chi connectivity index (χ2n) is 4.80. The van der Waals surface area contributed by atoms with E-state index >= 15 is 0 Å². The zero-order valence-corrected chi connectivity index (χ0v) is 11.4. The predicted octanol–water partition coefficient (Wildman–Crippen LogP) is 2.72. The van der Waals surface area contributed by atoms with Crippen LogP contribution in [-0.4, -0.2) is 19.4 Å². The van der Waals surface area contributed by atoms with E-state index in [9.17, 15) is 4.79 Å². The largest absolute Gasteiger partial charge is 0.320 e. The van der Waals surface area contributed by atoms with Crippen molar-refractivity contribution >= 4 is 5.78 Å². The Labute approximate surface area is 104 Å². The van der Waals surface area contributed by atoms with Gasteiger partial charge in [-0.15, -0.1) is 0 Å². The van der Waals surface area contributed by atoms with E-state index in [4.69, 9.17) is 0 Å². The monoisotopic (exact) mass is 233 g/mol. The van der Waals surface area contributed by atoms with Crippen LogP contribution in [0.15, 0.2) is 12.1 Å². The maximum atomic E-state index is 11.8. The van der Waals surface area contributed by atoms with E-state index in [0.717, 1.165) is 13.0 Å². The standard InChI is InChI=1S/C15H23NO/c1-11-8-12(2)15(13(3)9-11)10-14(17)6-5-7-16-4/h8-9,16H,5-7,10H2,1-4H3. The highest BCUT2D eigenvalue weighted by Crippen LogP contribution is 2.17. The molecule has 0 saturated heterocycles. The average Bonchev–Trinajstić information content (AvgIpc) is 2.24. The first kappa shape index (κ1) is 13.9. The van der Waals surface area contributed by atoms with Gasteiger partial charge in [0, 0.05) is 12.8 Å². The molecule has 1 aromatic carbocycles. The third kappa shape index (κ3) is 4.31. The molecule has 94 valence electrons. The molecule has 0 aliphatic rings. The Morgan fingerprint density at radius 2 is 1.76 bits per heavy atom. The number of carbonyl (C=O) groups is 1. The first-order valence-corrected chi connectivity index (χ1v) is 6.27. The minimum Gasteiger partial charge on any atom is -0.320 e. The number of hydrogen-bond acceptors (Lipinski definition) is 2. The molecule has 0 heterocycles. The molecule has 0 amide bonds. The van der Waals surface area contributed by atoms with Crippen molar-refractivity contribution in [3.05, 3.63) is 34.4 Å². The zero-order valence-electron chi connectivity index (χ0n) is 11.4. The summed E-state index contributed by atoms with van der Waals surface area (Å²) < 4.78 is 0. The third-order valence-corrected chi connectivity index (χ3v) is 3.10. The summed E-state index contributed by atoms with van der Waals surface area (Å²) in [7, 11) is 1.92. The SMILES string of the molecule is CNCCCC(=O)Cc1c(C)cc(C)cc1C. The molecule has 0 aromatic heterocycles. The van der Waals surface area contributed by atoms with Gasteiger partial charge in [0.1, 0.15) is 5.78 Å². The Kier molecular flexibility index (Phi) is 5.36. The van der Waals surface area contributed by atoms with Crippen LogP contribution in [0.2, 0.25) is 0 Å². The first-order valence-electron chi connectivity index (χ1n) is 6.27. The van der Waals surface area contributed by atoms with Gasteiger partial charge in [0.25, 0.3) is 0 Å². The molecule has 0 radical (unpaired) electrons. The Balaban J connectivity index is 2.65. The van der Waals surface area contributed by atoms with Crippen molar-refractivity contribution in [1.29, 1.82) is 0 Å². The van der Waals surface area contributed by atoms with Crippen LogP contribution in [0.1, 0.15) is 35.1 Å². The van der Waals surface area contributed by atoms with E-state index in [1.165, 1.54) is 22.3 Å². The summed E-state index contributed by atoms with van der Waals surface area (Å²) in [5.41, 5.74) is 4.96. The summed E-state index contributed by atoms with van der Waals surface area (Å²) in [5.74, 6) is 0.343. The van der Waals surface area contributed by atoms with Crippen molar-refractivity contribution in [1.82, 2.24) is 5.32 Å². The van der Waals surface area contributed by atoms with Gasteiger partial charge in [-0.1, -0.05) is 17.7 Å². The highest BCUT2D eigenvalue weighted by molar-refractivity contribution is 5.81. The highest BCUT2D eigenvalue weighted by atomic mass is 16.1. The molecule has 0 aliphatic carbocycles. The second kappa shape index (κ2) is 6.55. The lowest BCUT2D eigenvalue weighted by Gasteiger charge is -2.10. The molecule has 2 nitrogen and oxygen atoms in total. The van der Waals surface area contributed by atoms with Gasteiger partial charge in [0.2, 0.25) is 0 Å². The molecule has 2 heteroatoms. The van der Waals surface area contributed by atoms with E-state index in [1.54, 1.807) is 0 Å². The lowest BCUT2D eigenvalue weighted by atomic mass is 9.95. The Morgan fingerprint density at radius 1 is 1.18 bits per heavy atom. The fourth-order valence-corrected chi connectivity index (χ4v) is 2.24. The van der Waals surface area contributed by atoms with Crippen molar-refractivity contribution in [2.45, 2.75) is 40.0 Å². The molecule has 17 heavy (non-hydrogen) atoms.